The molecule has 2 aliphatic heterocycles. The first-order chi connectivity index (χ1) is 5.81. The van der Waals surface area contributed by atoms with Gasteiger partial charge in [-0.1, -0.05) is 0 Å². The number of carbonyl (C=O) groups is 1. The molecule has 4 nitrogen and oxygen atoms in total. The van der Waals surface area contributed by atoms with Crippen molar-refractivity contribution in [2.75, 3.05) is 13.7 Å². The summed E-state index contributed by atoms with van der Waals surface area (Å²) < 4.78 is 4.70. The minimum Gasteiger partial charge on any atom is -0.468 e. The summed E-state index contributed by atoms with van der Waals surface area (Å²) >= 11 is 0. The van der Waals surface area contributed by atoms with Crippen LogP contribution in [0.4, 0.5) is 0 Å². The average molecular weight is 170 g/mol. The van der Waals surface area contributed by atoms with Crippen molar-refractivity contribution < 1.29 is 9.53 Å². The topological polar surface area (TPSA) is 50.4 Å². The van der Waals surface area contributed by atoms with E-state index in [0.29, 0.717) is 6.04 Å². The van der Waals surface area contributed by atoms with E-state index in [0.717, 1.165) is 13.0 Å². The van der Waals surface area contributed by atoms with Gasteiger partial charge in [-0.05, 0) is 12.8 Å². The lowest BCUT2D eigenvalue weighted by molar-refractivity contribution is -0.144. The molecule has 2 N–H and O–H groups in total. The van der Waals surface area contributed by atoms with Crippen molar-refractivity contribution in [1.82, 2.24) is 10.6 Å². The molecule has 3 unspecified atom stereocenters. The van der Waals surface area contributed by atoms with Crippen LogP contribution >= 0.6 is 0 Å². The van der Waals surface area contributed by atoms with Gasteiger partial charge in [0.05, 0.1) is 7.11 Å². The predicted octanol–water partition coefficient (Wildman–Crippen LogP) is -0.748. The normalized spacial score (nSPS) is 39.6. The minimum absolute atomic E-state index is 0.131. The van der Waals surface area contributed by atoms with Crippen molar-refractivity contribution in [2.24, 2.45) is 0 Å². The molecule has 0 amide bonds. The highest BCUT2D eigenvalue weighted by Crippen LogP contribution is 2.19. The first-order valence-electron chi connectivity index (χ1n) is 4.38. The molecule has 0 aromatic rings. The lowest BCUT2D eigenvalue weighted by atomic mass is 10.1. The molecule has 3 atom stereocenters. The van der Waals surface area contributed by atoms with Gasteiger partial charge in [-0.15, -0.1) is 0 Å². The van der Waals surface area contributed by atoms with Crippen LogP contribution in [0.3, 0.4) is 0 Å². The van der Waals surface area contributed by atoms with Crippen LogP contribution < -0.4 is 10.6 Å². The highest BCUT2D eigenvalue weighted by Gasteiger charge is 2.39. The number of fused-ring (bicyclic) bond motifs is 2. The van der Waals surface area contributed by atoms with E-state index in [1.165, 1.54) is 13.5 Å². The summed E-state index contributed by atoms with van der Waals surface area (Å²) in [5, 5.41) is 6.59. The predicted molar refractivity (Wildman–Crippen MR) is 43.8 cm³/mol. The number of nitrogens with one attached hydrogen (secondary N) is 2. The van der Waals surface area contributed by atoms with Crippen LogP contribution in [0.25, 0.3) is 0 Å². The van der Waals surface area contributed by atoms with Crippen LogP contribution in [0, 0.1) is 0 Å². The number of rotatable bonds is 1. The van der Waals surface area contributed by atoms with Gasteiger partial charge in [-0.3, -0.25) is 4.79 Å². The van der Waals surface area contributed by atoms with E-state index in [1.54, 1.807) is 0 Å². The molecule has 0 saturated carbocycles. The third kappa shape index (κ3) is 1.21. The van der Waals surface area contributed by atoms with Crippen LogP contribution in [0.2, 0.25) is 0 Å². The van der Waals surface area contributed by atoms with Gasteiger partial charge in [0.25, 0.3) is 0 Å². The fourth-order valence-electron chi connectivity index (χ4n) is 2.06. The molecule has 12 heavy (non-hydrogen) atoms. The summed E-state index contributed by atoms with van der Waals surface area (Å²) in [5.41, 5.74) is 0. The molecular formula is C8H14N2O2. The maximum Gasteiger partial charge on any atom is 0.324 e. The second-order valence-corrected chi connectivity index (χ2v) is 3.46. The molecule has 2 heterocycles. The summed E-state index contributed by atoms with van der Waals surface area (Å²) in [6, 6.07) is 0.723. The van der Waals surface area contributed by atoms with Gasteiger partial charge in [-0.25, -0.2) is 0 Å². The van der Waals surface area contributed by atoms with Gasteiger partial charge < -0.3 is 15.4 Å². The van der Waals surface area contributed by atoms with Gasteiger partial charge >= 0.3 is 5.97 Å². The van der Waals surface area contributed by atoms with Gasteiger partial charge in [-0.2, -0.15) is 0 Å². The van der Waals surface area contributed by atoms with E-state index in [2.05, 4.69) is 10.6 Å². The SMILES string of the molecule is COC(=O)C1NCC2CCC1N2. The number of methoxy groups -OCH3 is 1. The van der Waals surface area contributed by atoms with Gasteiger partial charge in [0.2, 0.25) is 0 Å². The molecule has 2 bridgehead atoms. The summed E-state index contributed by atoms with van der Waals surface area (Å²) in [6.07, 6.45) is 2.25. The monoisotopic (exact) mass is 170 g/mol. The van der Waals surface area contributed by atoms with E-state index < -0.39 is 0 Å². The van der Waals surface area contributed by atoms with E-state index in [9.17, 15) is 4.79 Å². The highest BCUT2D eigenvalue weighted by molar-refractivity contribution is 5.77. The van der Waals surface area contributed by atoms with Crippen molar-refractivity contribution in [3.8, 4) is 0 Å². The van der Waals surface area contributed by atoms with E-state index in [-0.39, 0.29) is 18.1 Å². The summed E-state index contributed by atoms with van der Waals surface area (Å²) in [6.45, 7) is 0.885. The molecule has 2 rings (SSSR count). The Labute approximate surface area is 71.7 Å². The third-order valence-corrected chi connectivity index (χ3v) is 2.72. The van der Waals surface area contributed by atoms with E-state index >= 15 is 0 Å². The number of hydrogen-bond donors (Lipinski definition) is 2. The summed E-state index contributed by atoms with van der Waals surface area (Å²) in [4.78, 5) is 11.2. The molecule has 0 spiro atoms. The lowest BCUT2D eigenvalue weighted by Gasteiger charge is -2.29. The first kappa shape index (κ1) is 8.01. The zero-order valence-corrected chi connectivity index (χ0v) is 7.17. The van der Waals surface area contributed by atoms with Gasteiger partial charge in [0.15, 0.2) is 0 Å². The van der Waals surface area contributed by atoms with E-state index in [4.69, 9.17) is 4.74 Å². The van der Waals surface area contributed by atoms with Crippen LogP contribution in [-0.4, -0.2) is 37.7 Å². The van der Waals surface area contributed by atoms with Crippen LogP contribution in [0.15, 0.2) is 0 Å². The van der Waals surface area contributed by atoms with Crippen molar-refractivity contribution in [2.45, 2.75) is 31.0 Å². The molecule has 2 fully saturated rings. The Bertz CT molecular complexity index is 195. The molecule has 2 aliphatic rings. The minimum atomic E-state index is -0.146. The number of esters is 1. The molecule has 4 heteroatoms. The van der Waals surface area contributed by atoms with Crippen LogP contribution in [0.5, 0.6) is 0 Å². The largest absolute Gasteiger partial charge is 0.468 e. The maximum atomic E-state index is 11.2. The second kappa shape index (κ2) is 3.03. The zero-order chi connectivity index (χ0) is 8.55. The fourth-order valence-corrected chi connectivity index (χ4v) is 2.06. The van der Waals surface area contributed by atoms with Crippen molar-refractivity contribution in [3.63, 3.8) is 0 Å². The smallest absolute Gasteiger partial charge is 0.324 e. The summed E-state index contributed by atoms with van der Waals surface area (Å²) in [5.74, 6) is -0.146. The van der Waals surface area contributed by atoms with Gasteiger partial charge in [0.1, 0.15) is 6.04 Å². The number of carbonyl (C=O) groups excluding carboxylic acids is 1. The number of ether oxygens (including phenoxy) is 1. The lowest BCUT2D eigenvalue weighted by Crippen LogP contribution is -2.59. The molecule has 0 aromatic heterocycles. The van der Waals surface area contributed by atoms with E-state index in [1.807, 2.05) is 0 Å². The Kier molecular flexibility index (Phi) is 2.02. The third-order valence-electron chi connectivity index (χ3n) is 2.72. The van der Waals surface area contributed by atoms with Crippen molar-refractivity contribution >= 4 is 5.97 Å². The van der Waals surface area contributed by atoms with Crippen molar-refractivity contribution in [1.29, 1.82) is 0 Å². The molecular weight excluding hydrogens is 156 g/mol. The molecule has 0 aromatic carbocycles. The quantitative estimate of drug-likeness (QED) is 0.508. The Hall–Kier alpha value is -0.610. The number of hydrogen-bond acceptors (Lipinski definition) is 4. The number of piperazine rings is 1. The molecule has 68 valence electrons. The summed E-state index contributed by atoms with van der Waals surface area (Å²) in [7, 11) is 1.44. The maximum absolute atomic E-state index is 11.2. The second-order valence-electron chi connectivity index (χ2n) is 3.46. The molecule has 0 radical (unpaired) electrons. The Balaban J connectivity index is 2.02. The Morgan fingerprint density at radius 3 is 3.08 bits per heavy atom. The molecule has 2 saturated heterocycles. The average Bonchev–Trinajstić information content (AvgIpc) is 2.47. The Morgan fingerprint density at radius 1 is 1.50 bits per heavy atom. The van der Waals surface area contributed by atoms with Crippen LogP contribution in [-0.2, 0) is 9.53 Å². The van der Waals surface area contributed by atoms with Crippen molar-refractivity contribution in [3.05, 3.63) is 0 Å². The zero-order valence-electron chi connectivity index (χ0n) is 7.17. The molecule has 0 aliphatic carbocycles. The Morgan fingerprint density at radius 2 is 2.33 bits per heavy atom. The van der Waals surface area contributed by atoms with Crippen LogP contribution in [0.1, 0.15) is 12.8 Å². The fraction of sp³-hybridized carbons (Fsp3) is 0.875. The standard InChI is InChI=1S/C8H14N2O2/c1-12-8(11)7-6-3-2-5(10-6)4-9-7/h5-7,9-10H,2-4H2,1H3. The first-order valence-corrected chi connectivity index (χ1v) is 4.38. The van der Waals surface area contributed by atoms with Gasteiger partial charge in [0, 0.05) is 18.6 Å². The highest BCUT2D eigenvalue weighted by atomic mass is 16.5.